The molecule has 0 aliphatic carbocycles. The third-order valence-corrected chi connectivity index (χ3v) is 3.78. The first-order valence-electron chi connectivity index (χ1n) is 6.53. The molecule has 2 heterocycles. The van der Waals surface area contributed by atoms with Crippen LogP contribution in [0.4, 0.5) is 5.82 Å². The fraction of sp³-hybridized carbons (Fsp3) is 0.200. The van der Waals surface area contributed by atoms with Gasteiger partial charge in [-0.2, -0.15) is 0 Å². The van der Waals surface area contributed by atoms with Crippen LogP contribution >= 0.6 is 11.3 Å². The number of hydrogen-bond donors (Lipinski definition) is 1. The van der Waals surface area contributed by atoms with Gasteiger partial charge in [0, 0.05) is 6.54 Å². The molecule has 0 radical (unpaired) electrons. The van der Waals surface area contributed by atoms with E-state index >= 15 is 0 Å². The van der Waals surface area contributed by atoms with E-state index in [1.807, 2.05) is 41.8 Å². The van der Waals surface area contributed by atoms with Crippen LogP contribution in [0.5, 0.6) is 5.75 Å². The van der Waals surface area contributed by atoms with Gasteiger partial charge < -0.3 is 10.1 Å². The number of ether oxygens (including phenoxy) is 1. The van der Waals surface area contributed by atoms with Crippen molar-refractivity contribution in [1.82, 2.24) is 9.97 Å². The van der Waals surface area contributed by atoms with Crippen molar-refractivity contribution >= 4 is 27.4 Å². The van der Waals surface area contributed by atoms with Gasteiger partial charge >= 0.3 is 0 Å². The Morgan fingerprint density at radius 3 is 2.90 bits per heavy atom. The lowest BCUT2D eigenvalue weighted by molar-refractivity contribution is 0.315. The van der Waals surface area contributed by atoms with Crippen molar-refractivity contribution in [2.45, 2.75) is 6.42 Å². The summed E-state index contributed by atoms with van der Waals surface area (Å²) in [5.41, 5.74) is 0.994. The zero-order valence-electron chi connectivity index (χ0n) is 11.0. The Kier molecular flexibility index (Phi) is 4.08. The molecule has 0 saturated heterocycles. The Morgan fingerprint density at radius 1 is 1.10 bits per heavy atom. The van der Waals surface area contributed by atoms with E-state index in [-0.39, 0.29) is 0 Å². The van der Waals surface area contributed by atoms with Crippen LogP contribution in [0.15, 0.2) is 48.1 Å². The number of fused-ring (bicyclic) bond motifs is 1. The maximum absolute atomic E-state index is 5.65. The highest BCUT2D eigenvalue weighted by atomic mass is 32.1. The molecule has 0 saturated carbocycles. The van der Waals surface area contributed by atoms with Crippen LogP contribution in [0.3, 0.4) is 0 Å². The van der Waals surface area contributed by atoms with Crippen LogP contribution in [-0.2, 0) is 0 Å². The molecule has 0 aliphatic heterocycles. The fourth-order valence-electron chi connectivity index (χ4n) is 1.90. The molecule has 1 N–H and O–H groups in total. The molecule has 102 valence electrons. The Morgan fingerprint density at radius 2 is 2.00 bits per heavy atom. The first-order chi connectivity index (χ1) is 9.93. The number of para-hydroxylation sites is 1. The molecular weight excluding hydrogens is 270 g/mol. The number of nitrogens with one attached hydrogen (secondary N) is 1. The lowest BCUT2D eigenvalue weighted by atomic mass is 10.3. The van der Waals surface area contributed by atoms with Crippen molar-refractivity contribution in [3.63, 3.8) is 0 Å². The number of anilines is 1. The number of aromatic nitrogens is 2. The van der Waals surface area contributed by atoms with Crippen LogP contribution in [0.2, 0.25) is 0 Å². The van der Waals surface area contributed by atoms with Crippen LogP contribution in [0.1, 0.15) is 6.42 Å². The Hall–Kier alpha value is -2.14. The van der Waals surface area contributed by atoms with Gasteiger partial charge in [0.2, 0.25) is 0 Å². The summed E-state index contributed by atoms with van der Waals surface area (Å²) in [4.78, 5) is 8.50. The lowest BCUT2D eigenvalue weighted by Gasteiger charge is -2.07. The fourth-order valence-corrected chi connectivity index (χ4v) is 2.71. The summed E-state index contributed by atoms with van der Waals surface area (Å²) in [5, 5.41) is 5.37. The summed E-state index contributed by atoms with van der Waals surface area (Å²) in [5.74, 6) is 1.82. The van der Waals surface area contributed by atoms with Gasteiger partial charge in [-0.1, -0.05) is 18.2 Å². The molecule has 0 atom stereocenters. The highest BCUT2D eigenvalue weighted by Gasteiger charge is 2.03. The average molecular weight is 285 g/mol. The number of hydrogen-bond acceptors (Lipinski definition) is 5. The predicted molar refractivity (Wildman–Crippen MR) is 82.5 cm³/mol. The maximum atomic E-state index is 5.65. The van der Waals surface area contributed by atoms with Gasteiger partial charge in [-0.3, -0.25) is 0 Å². The van der Waals surface area contributed by atoms with Crippen LogP contribution in [-0.4, -0.2) is 23.1 Å². The molecule has 3 rings (SSSR count). The average Bonchev–Trinajstić information content (AvgIpc) is 2.97. The number of benzene rings is 1. The standard InChI is InChI=1S/C15H15N3OS/c1-2-5-12(6-3-1)19-9-4-8-16-15-14-13(7-10-20-14)17-11-18-15/h1-3,5-7,10-11H,4,8-9H2,(H,16,17,18). The topological polar surface area (TPSA) is 47.0 Å². The minimum atomic E-state index is 0.690. The van der Waals surface area contributed by atoms with Crippen LogP contribution in [0.25, 0.3) is 10.2 Å². The second-order valence-electron chi connectivity index (χ2n) is 4.30. The molecule has 4 nitrogen and oxygen atoms in total. The minimum absolute atomic E-state index is 0.690. The molecule has 0 fully saturated rings. The lowest BCUT2D eigenvalue weighted by Crippen LogP contribution is -2.08. The maximum Gasteiger partial charge on any atom is 0.147 e. The third kappa shape index (κ3) is 3.05. The zero-order chi connectivity index (χ0) is 13.6. The quantitative estimate of drug-likeness (QED) is 0.703. The summed E-state index contributed by atoms with van der Waals surface area (Å²) in [7, 11) is 0. The number of rotatable bonds is 6. The van der Waals surface area contributed by atoms with Crippen molar-refractivity contribution < 1.29 is 4.74 Å². The Balaban J connectivity index is 1.47. The first kappa shape index (κ1) is 12.9. The molecular formula is C15H15N3OS. The van der Waals surface area contributed by atoms with E-state index in [0.29, 0.717) is 6.61 Å². The molecule has 5 heteroatoms. The molecule has 0 unspecified atom stereocenters. The van der Waals surface area contributed by atoms with Gasteiger partial charge in [-0.15, -0.1) is 11.3 Å². The SMILES string of the molecule is c1ccc(OCCCNc2ncnc3ccsc23)cc1. The summed E-state index contributed by atoms with van der Waals surface area (Å²) in [6, 6.07) is 11.9. The predicted octanol–water partition coefficient (Wildman–Crippen LogP) is 3.57. The molecule has 20 heavy (non-hydrogen) atoms. The van der Waals surface area contributed by atoms with E-state index in [1.54, 1.807) is 17.7 Å². The van der Waals surface area contributed by atoms with E-state index in [2.05, 4.69) is 15.3 Å². The number of nitrogens with zero attached hydrogens (tertiary/aromatic N) is 2. The Bertz CT molecular complexity index is 669. The molecule has 2 aromatic heterocycles. The van der Waals surface area contributed by atoms with Gasteiger partial charge in [0.15, 0.2) is 0 Å². The summed E-state index contributed by atoms with van der Waals surface area (Å²) >= 11 is 1.66. The van der Waals surface area contributed by atoms with Gasteiger partial charge in [0.25, 0.3) is 0 Å². The molecule has 3 aromatic rings. The Labute approximate surface area is 121 Å². The van der Waals surface area contributed by atoms with Crippen molar-refractivity contribution in [2.75, 3.05) is 18.5 Å². The minimum Gasteiger partial charge on any atom is -0.494 e. The molecule has 1 aromatic carbocycles. The van der Waals surface area contributed by atoms with Gasteiger partial charge in [-0.05, 0) is 30.0 Å². The largest absolute Gasteiger partial charge is 0.494 e. The third-order valence-electron chi connectivity index (χ3n) is 2.87. The molecule has 0 bridgehead atoms. The van der Waals surface area contributed by atoms with E-state index in [4.69, 9.17) is 4.74 Å². The van der Waals surface area contributed by atoms with Crippen LogP contribution in [0, 0.1) is 0 Å². The highest BCUT2D eigenvalue weighted by Crippen LogP contribution is 2.24. The van der Waals surface area contributed by atoms with Crippen molar-refractivity contribution in [3.8, 4) is 5.75 Å². The monoisotopic (exact) mass is 285 g/mol. The first-order valence-corrected chi connectivity index (χ1v) is 7.41. The van der Waals surface area contributed by atoms with E-state index in [0.717, 1.165) is 34.7 Å². The van der Waals surface area contributed by atoms with Crippen molar-refractivity contribution in [3.05, 3.63) is 48.1 Å². The van der Waals surface area contributed by atoms with Gasteiger partial charge in [0.05, 0.1) is 16.8 Å². The molecule has 0 amide bonds. The molecule has 0 aliphatic rings. The molecule has 0 spiro atoms. The van der Waals surface area contributed by atoms with Gasteiger partial charge in [0.1, 0.15) is 17.9 Å². The normalized spacial score (nSPS) is 10.6. The summed E-state index contributed by atoms with van der Waals surface area (Å²) in [6.45, 7) is 1.52. The summed E-state index contributed by atoms with van der Waals surface area (Å²) < 4.78 is 6.75. The zero-order valence-corrected chi connectivity index (χ0v) is 11.8. The number of thiophene rings is 1. The van der Waals surface area contributed by atoms with Crippen LogP contribution < -0.4 is 10.1 Å². The van der Waals surface area contributed by atoms with E-state index in [9.17, 15) is 0 Å². The van der Waals surface area contributed by atoms with Crippen molar-refractivity contribution in [2.24, 2.45) is 0 Å². The summed E-state index contributed by atoms with van der Waals surface area (Å²) in [6.07, 6.45) is 2.52. The second-order valence-corrected chi connectivity index (χ2v) is 5.22. The van der Waals surface area contributed by atoms with Gasteiger partial charge in [-0.25, -0.2) is 9.97 Å². The smallest absolute Gasteiger partial charge is 0.147 e. The van der Waals surface area contributed by atoms with E-state index < -0.39 is 0 Å². The van der Waals surface area contributed by atoms with Crippen molar-refractivity contribution in [1.29, 1.82) is 0 Å². The van der Waals surface area contributed by atoms with E-state index in [1.165, 1.54) is 0 Å². The second kappa shape index (κ2) is 6.34. The highest BCUT2D eigenvalue weighted by molar-refractivity contribution is 7.17.